The molecule has 1 heterocycles. The van der Waals surface area contributed by atoms with Gasteiger partial charge in [0.25, 0.3) is 5.91 Å². The zero-order valence-corrected chi connectivity index (χ0v) is 13.1. The van der Waals surface area contributed by atoms with Crippen LogP contribution in [0.3, 0.4) is 0 Å². The van der Waals surface area contributed by atoms with Crippen molar-refractivity contribution in [3.05, 3.63) is 46.5 Å². The fourth-order valence-electron chi connectivity index (χ4n) is 2.94. The lowest BCUT2D eigenvalue weighted by Gasteiger charge is -2.33. The fraction of sp³-hybridized carbons (Fsp3) is 0.375. The van der Waals surface area contributed by atoms with Gasteiger partial charge in [0.05, 0.1) is 6.04 Å². The van der Waals surface area contributed by atoms with Crippen LogP contribution in [0.4, 0.5) is 5.13 Å². The van der Waals surface area contributed by atoms with Crippen LogP contribution in [0.5, 0.6) is 0 Å². The van der Waals surface area contributed by atoms with E-state index in [-0.39, 0.29) is 11.9 Å². The predicted octanol–water partition coefficient (Wildman–Crippen LogP) is 3.33. The number of hydrogen-bond donors (Lipinski definition) is 1. The van der Waals surface area contributed by atoms with Gasteiger partial charge in [-0.2, -0.15) is 0 Å². The molecule has 0 radical (unpaired) electrons. The van der Waals surface area contributed by atoms with Gasteiger partial charge in [-0.05, 0) is 30.4 Å². The predicted molar refractivity (Wildman–Crippen MR) is 85.9 cm³/mol. The standard InChI is InChI=1S/C16H19N3OS/c1-17-16-18-13(10-21-16)15(20)19(2)14-9-5-7-11-6-3-4-8-12(11)14/h3-4,6,8,10,14H,5,7,9H2,1-2H3,(H,17,18). The van der Waals surface area contributed by atoms with Crippen molar-refractivity contribution in [1.29, 1.82) is 0 Å². The van der Waals surface area contributed by atoms with Gasteiger partial charge < -0.3 is 10.2 Å². The Hall–Kier alpha value is -1.88. The zero-order valence-electron chi connectivity index (χ0n) is 12.3. The van der Waals surface area contributed by atoms with E-state index in [1.807, 2.05) is 24.4 Å². The second-order valence-corrected chi connectivity index (χ2v) is 6.17. The van der Waals surface area contributed by atoms with E-state index in [9.17, 15) is 4.79 Å². The number of nitrogens with zero attached hydrogens (tertiary/aromatic N) is 2. The monoisotopic (exact) mass is 301 g/mol. The molecule has 0 saturated carbocycles. The average Bonchev–Trinajstić information content (AvgIpc) is 3.02. The van der Waals surface area contributed by atoms with Gasteiger partial charge in [0, 0.05) is 19.5 Å². The average molecular weight is 301 g/mol. The molecule has 1 unspecified atom stereocenters. The largest absolute Gasteiger partial charge is 0.365 e. The SMILES string of the molecule is CNc1nc(C(=O)N(C)C2CCCc3ccccc32)cs1. The van der Waals surface area contributed by atoms with Gasteiger partial charge in [0.1, 0.15) is 5.69 Å². The molecule has 1 N–H and O–H groups in total. The van der Waals surface area contributed by atoms with Crippen LogP contribution in [0.25, 0.3) is 0 Å². The van der Waals surface area contributed by atoms with Gasteiger partial charge in [0.2, 0.25) is 0 Å². The molecule has 1 aromatic heterocycles. The van der Waals surface area contributed by atoms with Gasteiger partial charge in [-0.25, -0.2) is 4.98 Å². The van der Waals surface area contributed by atoms with E-state index in [1.54, 1.807) is 0 Å². The van der Waals surface area contributed by atoms with Crippen molar-refractivity contribution in [1.82, 2.24) is 9.88 Å². The molecular formula is C16H19N3OS. The van der Waals surface area contributed by atoms with Crippen molar-refractivity contribution < 1.29 is 4.79 Å². The molecule has 3 rings (SSSR count). The van der Waals surface area contributed by atoms with E-state index in [4.69, 9.17) is 0 Å². The van der Waals surface area contributed by atoms with Crippen LogP contribution in [0.15, 0.2) is 29.6 Å². The number of rotatable bonds is 3. The van der Waals surface area contributed by atoms with Crippen LogP contribution in [-0.2, 0) is 6.42 Å². The first-order valence-electron chi connectivity index (χ1n) is 7.19. The number of thiazole rings is 1. The number of hydrogen-bond acceptors (Lipinski definition) is 4. The summed E-state index contributed by atoms with van der Waals surface area (Å²) in [5, 5.41) is 5.57. The van der Waals surface area contributed by atoms with Crippen LogP contribution in [0.1, 0.15) is 40.5 Å². The lowest BCUT2D eigenvalue weighted by Crippen LogP contribution is -2.33. The molecule has 5 heteroatoms. The van der Waals surface area contributed by atoms with E-state index in [2.05, 4.69) is 34.6 Å². The molecule has 0 saturated heterocycles. The molecule has 1 aliphatic carbocycles. The van der Waals surface area contributed by atoms with Crippen LogP contribution in [0, 0.1) is 0 Å². The van der Waals surface area contributed by atoms with Crippen LogP contribution >= 0.6 is 11.3 Å². The smallest absolute Gasteiger partial charge is 0.273 e. The van der Waals surface area contributed by atoms with Gasteiger partial charge in [-0.3, -0.25) is 4.79 Å². The maximum absolute atomic E-state index is 12.6. The molecule has 1 amide bonds. The summed E-state index contributed by atoms with van der Waals surface area (Å²) in [5.41, 5.74) is 3.17. The highest BCUT2D eigenvalue weighted by Gasteiger charge is 2.28. The summed E-state index contributed by atoms with van der Waals surface area (Å²) in [6, 6.07) is 8.59. The molecule has 2 aromatic rings. The number of amides is 1. The number of benzene rings is 1. The highest BCUT2D eigenvalue weighted by Crippen LogP contribution is 2.34. The molecular weight excluding hydrogens is 282 g/mol. The van der Waals surface area contributed by atoms with Crippen LogP contribution < -0.4 is 5.32 Å². The van der Waals surface area contributed by atoms with Gasteiger partial charge in [0.15, 0.2) is 5.13 Å². The maximum atomic E-state index is 12.6. The van der Waals surface area contributed by atoms with E-state index in [0.29, 0.717) is 5.69 Å². The number of anilines is 1. The summed E-state index contributed by atoms with van der Waals surface area (Å²) in [5.74, 6) is -0.00514. The van der Waals surface area contributed by atoms with Gasteiger partial charge in [-0.1, -0.05) is 24.3 Å². The topological polar surface area (TPSA) is 45.2 Å². The number of carbonyl (C=O) groups is 1. The molecule has 0 bridgehead atoms. The van der Waals surface area contributed by atoms with Crippen molar-refractivity contribution in [3.8, 4) is 0 Å². The normalized spacial score (nSPS) is 17.1. The Labute approximate surface area is 128 Å². The minimum absolute atomic E-state index is 0.00514. The molecule has 1 aliphatic rings. The summed E-state index contributed by atoms with van der Waals surface area (Å²) < 4.78 is 0. The third-order valence-electron chi connectivity index (χ3n) is 4.06. The summed E-state index contributed by atoms with van der Waals surface area (Å²) in [6.07, 6.45) is 3.25. The number of fused-ring (bicyclic) bond motifs is 1. The Balaban J connectivity index is 1.85. The number of nitrogens with one attached hydrogen (secondary N) is 1. The van der Waals surface area contributed by atoms with E-state index >= 15 is 0 Å². The Bertz CT molecular complexity index is 652. The summed E-state index contributed by atoms with van der Waals surface area (Å²) in [6.45, 7) is 0. The summed E-state index contributed by atoms with van der Waals surface area (Å²) in [4.78, 5) is 18.8. The third-order valence-corrected chi connectivity index (χ3v) is 4.92. The van der Waals surface area contributed by atoms with Crippen molar-refractivity contribution >= 4 is 22.4 Å². The lowest BCUT2D eigenvalue weighted by molar-refractivity contribution is 0.0710. The first-order valence-corrected chi connectivity index (χ1v) is 8.07. The van der Waals surface area contributed by atoms with E-state index in [1.165, 1.54) is 22.5 Å². The number of aryl methyl sites for hydroxylation is 1. The Morgan fingerprint density at radius 3 is 3.00 bits per heavy atom. The highest BCUT2D eigenvalue weighted by atomic mass is 32.1. The number of carbonyl (C=O) groups excluding carboxylic acids is 1. The first-order chi connectivity index (χ1) is 10.2. The number of aromatic nitrogens is 1. The highest BCUT2D eigenvalue weighted by molar-refractivity contribution is 7.13. The fourth-order valence-corrected chi connectivity index (χ4v) is 3.59. The first kappa shape index (κ1) is 14.1. The second-order valence-electron chi connectivity index (χ2n) is 5.31. The molecule has 0 spiro atoms. The maximum Gasteiger partial charge on any atom is 0.273 e. The molecule has 110 valence electrons. The van der Waals surface area contributed by atoms with E-state index < -0.39 is 0 Å². The molecule has 0 fully saturated rings. The molecule has 0 aliphatic heterocycles. The molecule has 1 aromatic carbocycles. The molecule has 1 atom stereocenters. The van der Waals surface area contributed by atoms with Crippen molar-refractivity contribution in [2.24, 2.45) is 0 Å². The Morgan fingerprint density at radius 2 is 2.24 bits per heavy atom. The molecule has 4 nitrogen and oxygen atoms in total. The van der Waals surface area contributed by atoms with Crippen molar-refractivity contribution in [3.63, 3.8) is 0 Å². The van der Waals surface area contributed by atoms with Crippen LogP contribution in [0.2, 0.25) is 0 Å². The minimum Gasteiger partial charge on any atom is -0.365 e. The van der Waals surface area contributed by atoms with Gasteiger partial charge in [-0.15, -0.1) is 11.3 Å². The quantitative estimate of drug-likeness (QED) is 0.945. The van der Waals surface area contributed by atoms with E-state index in [0.717, 1.165) is 24.4 Å². The summed E-state index contributed by atoms with van der Waals surface area (Å²) in [7, 11) is 3.70. The second kappa shape index (κ2) is 5.85. The zero-order chi connectivity index (χ0) is 14.8. The summed E-state index contributed by atoms with van der Waals surface area (Å²) >= 11 is 1.46. The third kappa shape index (κ3) is 2.65. The Morgan fingerprint density at radius 1 is 1.43 bits per heavy atom. The lowest BCUT2D eigenvalue weighted by atomic mass is 9.87. The Kier molecular flexibility index (Phi) is 3.92. The van der Waals surface area contributed by atoms with Crippen LogP contribution in [-0.4, -0.2) is 29.9 Å². The van der Waals surface area contributed by atoms with Crippen molar-refractivity contribution in [2.75, 3.05) is 19.4 Å². The van der Waals surface area contributed by atoms with Crippen molar-refractivity contribution in [2.45, 2.75) is 25.3 Å². The van der Waals surface area contributed by atoms with Gasteiger partial charge >= 0.3 is 0 Å². The minimum atomic E-state index is -0.00514. The molecule has 21 heavy (non-hydrogen) atoms.